The highest BCUT2D eigenvalue weighted by atomic mass is 79.9. The zero-order chi connectivity index (χ0) is 10.5. The van der Waals surface area contributed by atoms with E-state index in [1.165, 1.54) is 0 Å². The lowest BCUT2D eigenvalue weighted by atomic mass is 9.75. The van der Waals surface area contributed by atoms with E-state index in [0.29, 0.717) is 4.67 Å². The number of furan rings is 1. The Morgan fingerprint density at radius 3 is 2.71 bits per heavy atom. The normalized spacial score (nSPS) is 19.6. The van der Waals surface area contributed by atoms with Crippen LogP contribution in [0.3, 0.4) is 0 Å². The zero-order valence-electron chi connectivity index (χ0n) is 8.61. The van der Waals surface area contributed by atoms with Crippen LogP contribution in [0.25, 0.3) is 0 Å². The highest BCUT2D eigenvalue weighted by Gasteiger charge is 2.38. The summed E-state index contributed by atoms with van der Waals surface area (Å²) in [5.74, 6) is 1.06. The van der Waals surface area contributed by atoms with Crippen molar-refractivity contribution in [1.29, 1.82) is 0 Å². The van der Waals surface area contributed by atoms with Crippen LogP contribution in [0.4, 0.5) is 0 Å². The molecule has 0 atom stereocenters. The molecular weight excluding hydrogens is 244 g/mol. The molecular formula is C11H13BrO2. The number of carbonyl (C=O) groups is 1. The molecule has 3 heteroatoms. The molecule has 0 unspecified atom stereocenters. The average molecular weight is 257 g/mol. The first-order valence-corrected chi connectivity index (χ1v) is 5.55. The van der Waals surface area contributed by atoms with Gasteiger partial charge in [-0.15, -0.1) is 0 Å². The second kappa shape index (κ2) is 2.96. The number of halogens is 1. The second-order valence-corrected chi connectivity index (χ2v) is 5.23. The summed E-state index contributed by atoms with van der Waals surface area (Å²) in [7, 11) is 0. The first-order valence-electron chi connectivity index (χ1n) is 4.76. The Bertz CT molecular complexity index is 402. The van der Waals surface area contributed by atoms with Crippen LogP contribution in [-0.2, 0) is 6.42 Å². The molecule has 0 aromatic carbocycles. The van der Waals surface area contributed by atoms with Crippen LogP contribution in [0.1, 0.15) is 41.9 Å². The summed E-state index contributed by atoms with van der Waals surface area (Å²) >= 11 is 3.32. The van der Waals surface area contributed by atoms with E-state index in [1.807, 2.05) is 20.8 Å². The molecule has 0 bridgehead atoms. The Hall–Kier alpha value is -0.570. The molecule has 1 heterocycles. The highest BCUT2D eigenvalue weighted by Crippen LogP contribution is 2.39. The van der Waals surface area contributed by atoms with Gasteiger partial charge in [0.05, 0.1) is 5.56 Å². The predicted molar refractivity (Wildman–Crippen MR) is 57.6 cm³/mol. The van der Waals surface area contributed by atoms with Gasteiger partial charge in [-0.3, -0.25) is 4.79 Å². The SMILES string of the molecule is Cc1c(Br)oc2c1C(=O)C(C)(C)CC2. The van der Waals surface area contributed by atoms with Gasteiger partial charge in [-0.25, -0.2) is 0 Å². The van der Waals surface area contributed by atoms with E-state index in [4.69, 9.17) is 4.42 Å². The topological polar surface area (TPSA) is 30.2 Å². The standard InChI is InChI=1S/C11H13BrO2/c1-6-8-7(14-10(6)12)4-5-11(2,3)9(8)13/h4-5H2,1-3H3. The number of ketones is 1. The molecule has 0 saturated heterocycles. The van der Waals surface area contributed by atoms with Crippen molar-refractivity contribution in [2.24, 2.45) is 5.41 Å². The van der Waals surface area contributed by atoms with E-state index in [-0.39, 0.29) is 11.2 Å². The third-order valence-corrected chi connectivity index (χ3v) is 3.74. The minimum atomic E-state index is -0.235. The van der Waals surface area contributed by atoms with Crippen LogP contribution in [-0.4, -0.2) is 5.78 Å². The monoisotopic (exact) mass is 256 g/mol. The summed E-state index contributed by atoms with van der Waals surface area (Å²) in [6.45, 7) is 5.92. The Morgan fingerprint density at radius 2 is 2.07 bits per heavy atom. The Balaban J connectivity index is 2.60. The third-order valence-electron chi connectivity index (χ3n) is 2.98. The molecule has 1 aromatic rings. The molecule has 1 aliphatic rings. The van der Waals surface area contributed by atoms with E-state index in [0.717, 1.165) is 29.7 Å². The van der Waals surface area contributed by atoms with Gasteiger partial charge in [0.2, 0.25) is 0 Å². The molecule has 0 spiro atoms. The molecule has 14 heavy (non-hydrogen) atoms. The summed E-state index contributed by atoms with van der Waals surface area (Å²) in [6, 6.07) is 0. The van der Waals surface area contributed by atoms with Gasteiger partial charge >= 0.3 is 0 Å². The molecule has 0 amide bonds. The smallest absolute Gasteiger partial charge is 0.173 e. The Morgan fingerprint density at radius 1 is 1.43 bits per heavy atom. The molecule has 0 aliphatic heterocycles. The zero-order valence-corrected chi connectivity index (χ0v) is 10.2. The maximum Gasteiger partial charge on any atom is 0.173 e. The summed E-state index contributed by atoms with van der Waals surface area (Å²) in [5.41, 5.74) is 1.51. The quantitative estimate of drug-likeness (QED) is 0.712. The van der Waals surface area contributed by atoms with E-state index >= 15 is 0 Å². The fraction of sp³-hybridized carbons (Fsp3) is 0.545. The summed E-state index contributed by atoms with van der Waals surface area (Å²) in [4.78, 5) is 12.1. The van der Waals surface area contributed by atoms with Gasteiger partial charge in [-0.05, 0) is 29.3 Å². The van der Waals surface area contributed by atoms with Gasteiger partial charge in [0.15, 0.2) is 10.5 Å². The largest absolute Gasteiger partial charge is 0.453 e. The molecule has 1 aromatic heterocycles. The van der Waals surface area contributed by atoms with Crippen LogP contribution in [0.5, 0.6) is 0 Å². The molecule has 76 valence electrons. The van der Waals surface area contributed by atoms with E-state index in [1.54, 1.807) is 0 Å². The first kappa shape index (κ1) is 9.97. The maximum atomic E-state index is 12.1. The minimum absolute atomic E-state index is 0.214. The number of carbonyl (C=O) groups excluding carboxylic acids is 1. The minimum Gasteiger partial charge on any atom is -0.453 e. The lowest BCUT2D eigenvalue weighted by molar-refractivity contribution is 0.0804. The van der Waals surface area contributed by atoms with Crippen LogP contribution in [0, 0.1) is 12.3 Å². The highest BCUT2D eigenvalue weighted by molar-refractivity contribution is 9.10. The van der Waals surface area contributed by atoms with Gasteiger partial charge in [0.1, 0.15) is 5.76 Å². The van der Waals surface area contributed by atoms with E-state index < -0.39 is 0 Å². The van der Waals surface area contributed by atoms with E-state index in [2.05, 4.69) is 15.9 Å². The van der Waals surface area contributed by atoms with Crippen molar-refractivity contribution in [2.45, 2.75) is 33.6 Å². The molecule has 0 fully saturated rings. The van der Waals surface area contributed by atoms with Crippen molar-refractivity contribution in [1.82, 2.24) is 0 Å². The number of hydrogen-bond donors (Lipinski definition) is 0. The average Bonchev–Trinajstić information content (AvgIpc) is 2.38. The molecule has 2 nitrogen and oxygen atoms in total. The summed E-state index contributed by atoms with van der Waals surface area (Å²) < 4.78 is 6.20. The molecule has 0 N–H and O–H groups in total. The fourth-order valence-electron chi connectivity index (χ4n) is 1.89. The number of Topliss-reactive ketones (excluding diaryl/α,β-unsaturated/α-hetero) is 1. The molecule has 2 rings (SSSR count). The number of rotatable bonds is 0. The van der Waals surface area contributed by atoms with Crippen LogP contribution in [0.15, 0.2) is 9.09 Å². The lowest BCUT2D eigenvalue weighted by Gasteiger charge is -2.27. The van der Waals surface area contributed by atoms with Gasteiger partial charge in [0, 0.05) is 17.4 Å². The molecule has 1 aliphatic carbocycles. The summed E-state index contributed by atoms with van der Waals surface area (Å²) in [5, 5.41) is 0. The number of aryl methyl sites for hydroxylation is 1. The van der Waals surface area contributed by atoms with Gasteiger partial charge in [-0.2, -0.15) is 0 Å². The summed E-state index contributed by atoms with van der Waals surface area (Å²) in [6.07, 6.45) is 1.73. The van der Waals surface area contributed by atoms with Crippen molar-refractivity contribution < 1.29 is 9.21 Å². The van der Waals surface area contributed by atoms with Crippen molar-refractivity contribution in [2.75, 3.05) is 0 Å². The van der Waals surface area contributed by atoms with Crippen LogP contribution < -0.4 is 0 Å². The van der Waals surface area contributed by atoms with E-state index in [9.17, 15) is 4.79 Å². The van der Waals surface area contributed by atoms with Crippen molar-refractivity contribution in [3.8, 4) is 0 Å². The molecule has 0 saturated carbocycles. The predicted octanol–water partition coefficient (Wildman–Crippen LogP) is 3.51. The van der Waals surface area contributed by atoms with Gasteiger partial charge in [-0.1, -0.05) is 13.8 Å². The van der Waals surface area contributed by atoms with Crippen LogP contribution in [0.2, 0.25) is 0 Å². The fourth-order valence-corrected chi connectivity index (χ4v) is 2.29. The lowest BCUT2D eigenvalue weighted by Crippen LogP contribution is -2.30. The van der Waals surface area contributed by atoms with Gasteiger partial charge < -0.3 is 4.42 Å². The van der Waals surface area contributed by atoms with Crippen molar-refractivity contribution >= 4 is 21.7 Å². The number of fused-ring (bicyclic) bond motifs is 1. The van der Waals surface area contributed by atoms with Gasteiger partial charge in [0.25, 0.3) is 0 Å². The Labute approximate surface area is 91.8 Å². The van der Waals surface area contributed by atoms with Crippen molar-refractivity contribution in [3.05, 3.63) is 21.6 Å². The third kappa shape index (κ3) is 1.26. The first-order chi connectivity index (χ1) is 6.43. The molecule has 0 radical (unpaired) electrons. The number of hydrogen-bond acceptors (Lipinski definition) is 2. The maximum absolute atomic E-state index is 12.1. The van der Waals surface area contributed by atoms with Crippen LogP contribution >= 0.6 is 15.9 Å². The Kier molecular flexibility index (Phi) is 2.11. The second-order valence-electron chi connectivity index (χ2n) is 4.51. The van der Waals surface area contributed by atoms with Crippen molar-refractivity contribution in [3.63, 3.8) is 0 Å².